The van der Waals surface area contributed by atoms with E-state index in [1.807, 2.05) is 19.3 Å². The van der Waals surface area contributed by atoms with Crippen molar-refractivity contribution < 1.29 is 4.74 Å². The number of nitrogens with two attached hydrogens (primary N) is 1. The molecular formula is C16H16N4O. The average molecular weight is 280 g/mol. The molecule has 2 aliphatic rings. The third-order valence-electron chi connectivity index (χ3n) is 4.51. The van der Waals surface area contributed by atoms with Crippen molar-refractivity contribution in [1.29, 1.82) is 0 Å². The molecule has 1 aliphatic carbocycles. The topological polar surface area (TPSA) is 73.4 Å². The molecule has 2 atom stereocenters. The highest BCUT2D eigenvalue weighted by Crippen LogP contribution is 2.42. The summed E-state index contributed by atoms with van der Waals surface area (Å²) in [5.41, 5.74) is 10.4. The average Bonchev–Trinajstić information content (AvgIpc) is 2.99. The molecule has 1 spiro atoms. The highest BCUT2D eigenvalue weighted by molar-refractivity contribution is 5.76. The van der Waals surface area contributed by atoms with Crippen LogP contribution < -0.4 is 5.73 Å². The normalized spacial score (nSPS) is 26.5. The van der Waals surface area contributed by atoms with Crippen LogP contribution in [0.15, 0.2) is 41.9 Å². The highest BCUT2D eigenvalue weighted by Gasteiger charge is 2.48. The highest BCUT2D eigenvalue weighted by atomic mass is 16.5. The Kier molecular flexibility index (Phi) is 2.51. The van der Waals surface area contributed by atoms with Crippen molar-refractivity contribution in [2.75, 3.05) is 0 Å². The number of ether oxygens (including phenoxy) is 1. The maximum atomic E-state index is 5.77. The lowest BCUT2D eigenvalue weighted by Gasteiger charge is -2.23. The van der Waals surface area contributed by atoms with Crippen LogP contribution in [0, 0.1) is 0 Å². The van der Waals surface area contributed by atoms with Crippen LogP contribution in [0.5, 0.6) is 0 Å². The Balaban J connectivity index is 1.81. The van der Waals surface area contributed by atoms with Gasteiger partial charge < -0.3 is 10.5 Å². The fraction of sp³-hybridized carbons (Fsp3) is 0.312. The van der Waals surface area contributed by atoms with E-state index in [1.165, 1.54) is 16.7 Å². The molecule has 5 nitrogen and oxygen atoms in total. The summed E-state index contributed by atoms with van der Waals surface area (Å²) < 4.78 is 5.58. The predicted molar refractivity (Wildman–Crippen MR) is 79.8 cm³/mol. The molecule has 1 aliphatic heterocycles. The van der Waals surface area contributed by atoms with Crippen LogP contribution in [0.4, 0.5) is 0 Å². The fourth-order valence-corrected chi connectivity index (χ4v) is 3.41. The Morgan fingerprint density at radius 3 is 2.76 bits per heavy atom. The molecule has 21 heavy (non-hydrogen) atoms. The second kappa shape index (κ2) is 4.28. The van der Waals surface area contributed by atoms with Crippen molar-refractivity contribution in [3.8, 4) is 11.1 Å². The van der Waals surface area contributed by atoms with E-state index < -0.39 is 0 Å². The van der Waals surface area contributed by atoms with Crippen molar-refractivity contribution in [1.82, 2.24) is 9.97 Å². The Morgan fingerprint density at radius 2 is 2.05 bits per heavy atom. The van der Waals surface area contributed by atoms with E-state index in [0.29, 0.717) is 6.02 Å². The molecule has 0 fully saturated rings. The maximum Gasteiger partial charge on any atom is 0.282 e. The summed E-state index contributed by atoms with van der Waals surface area (Å²) >= 11 is 0. The van der Waals surface area contributed by atoms with E-state index >= 15 is 0 Å². The van der Waals surface area contributed by atoms with E-state index in [9.17, 15) is 0 Å². The van der Waals surface area contributed by atoms with Crippen LogP contribution in [0.25, 0.3) is 11.1 Å². The lowest BCUT2D eigenvalue weighted by molar-refractivity contribution is 0.157. The van der Waals surface area contributed by atoms with Gasteiger partial charge in [0.25, 0.3) is 6.02 Å². The van der Waals surface area contributed by atoms with E-state index in [4.69, 9.17) is 10.5 Å². The van der Waals surface area contributed by atoms with Crippen LogP contribution in [0.3, 0.4) is 0 Å². The van der Waals surface area contributed by atoms with E-state index in [2.05, 4.69) is 33.2 Å². The number of aliphatic imine (C=N–C) groups is 1. The number of nitrogens with zero attached hydrogens (tertiary/aromatic N) is 3. The number of aromatic nitrogens is 2. The van der Waals surface area contributed by atoms with Gasteiger partial charge in [-0.25, -0.2) is 15.0 Å². The molecular weight excluding hydrogens is 264 g/mol. The van der Waals surface area contributed by atoms with Gasteiger partial charge in [-0.15, -0.1) is 0 Å². The molecule has 5 heteroatoms. The molecule has 0 amide bonds. The first-order valence-electron chi connectivity index (χ1n) is 7.06. The second-order valence-electron chi connectivity index (χ2n) is 5.74. The number of benzene rings is 1. The first kappa shape index (κ1) is 12.3. The lowest BCUT2D eigenvalue weighted by atomic mass is 9.90. The first-order valence-corrected chi connectivity index (χ1v) is 7.06. The van der Waals surface area contributed by atoms with Crippen LogP contribution in [0.2, 0.25) is 0 Å². The Labute approximate surface area is 122 Å². The minimum Gasteiger partial charge on any atom is -0.460 e. The zero-order valence-corrected chi connectivity index (χ0v) is 11.8. The molecule has 2 aromatic rings. The molecule has 2 N–H and O–H groups in total. The van der Waals surface area contributed by atoms with Gasteiger partial charge in [0.15, 0.2) is 0 Å². The number of amidine groups is 1. The van der Waals surface area contributed by atoms with Gasteiger partial charge in [-0.2, -0.15) is 0 Å². The van der Waals surface area contributed by atoms with Gasteiger partial charge in [0.1, 0.15) is 18.0 Å². The molecule has 1 aromatic heterocycles. The second-order valence-corrected chi connectivity index (χ2v) is 5.74. The summed E-state index contributed by atoms with van der Waals surface area (Å²) in [6.45, 7) is 2.04. The third kappa shape index (κ3) is 1.81. The quantitative estimate of drug-likeness (QED) is 0.863. The van der Waals surface area contributed by atoms with Gasteiger partial charge in [0.05, 0.1) is 0 Å². The monoisotopic (exact) mass is 280 g/mol. The first-order chi connectivity index (χ1) is 10.2. The third-order valence-corrected chi connectivity index (χ3v) is 4.51. The Morgan fingerprint density at radius 1 is 1.24 bits per heavy atom. The van der Waals surface area contributed by atoms with E-state index in [1.54, 1.807) is 6.33 Å². The molecule has 4 rings (SSSR count). The summed E-state index contributed by atoms with van der Waals surface area (Å²) in [4.78, 5) is 12.8. The van der Waals surface area contributed by atoms with E-state index in [-0.39, 0.29) is 11.6 Å². The lowest BCUT2D eigenvalue weighted by Crippen LogP contribution is -2.36. The van der Waals surface area contributed by atoms with Crippen molar-refractivity contribution in [3.63, 3.8) is 0 Å². The molecule has 0 saturated carbocycles. The predicted octanol–water partition coefficient (Wildman–Crippen LogP) is 1.71. The van der Waals surface area contributed by atoms with Gasteiger partial charge >= 0.3 is 0 Å². The van der Waals surface area contributed by atoms with Gasteiger partial charge in [0, 0.05) is 30.8 Å². The summed E-state index contributed by atoms with van der Waals surface area (Å²) in [6.07, 6.45) is 6.96. The molecule has 0 saturated heterocycles. The van der Waals surface area contributed by atoms with E-state index in [0.717, 1.165) is 18.4 Å². The van der Waals surface area contributed by atoms with Crippen LogP contribution in [0.1, 0.15) is 18.1 Å². The molecule has 2 heterocycles. The van der Waals surface area contributed by atoms with Crippen molar-refractivity contribution in [3.05, 3.63) is 48.0 Å². The summed E-state index contributed by atoms with van der Waals surface area (Å²) in [7, 11) is 0. The zero-order valence-electron chi connectivity index (χ0n) is 11.8. The van der Waals surface area contributed by atoms with Gasteiger partial charge in [-0.05, 0) is 23.6 Å². The largest absolute Gasteiger partial charge is 0.460 e. The number of hydrogen-bond donors (Lipinski definition) is 1. The molecule has 106 valence electrons. The number of hydrogen-bond acceptors (Lipinski definition) is 5. The van der Waals surface area contributed by atoms with Crippen LogP contribution in [-0.4, -0.2) is 27.6 Å². The van der Waals surface area contributed by atoms with Crippen molar-refractivity contribution >= 4 is 6.02 Å². The summed E-state index contributed by atoms with van der Waals surface area (Å²) in [5.74, 6) is 0. The zero-order chi connectivity index (χ0) is 14.4. The summed E-state index contributed by atoms with van der Waals surface area (Å²) in [6, 6.07) is 6.66. The SMILES string of the molecule is C[C@@H]1OC(N)=N[C@@]12Cc1cccc(-c3cncnc3)c1C2. The molecule has 0 bridgehead atoms. The standard InChI is InChI=1S/C16H16N4O/c1-10-16(20-15(17)21-10)5-11-3-2-4-13(14(11)6-16)12-7-18-9-19-8-12/h2-4,7-10H,5-6H2,1H3,(H2,17,20)/t10-,16+/m0/s1. The minimum absolute atomic E-state index is 0.00442. The molecule has 1 aromatic carbocycles. The summed E-state index contributed by atoms with van der Waals surface area (Å²) in [5, 5.41) is 0. The maximum absolute atomic E-state index is 5.77. The fourth-order valence-electron chi connectivity index (χ4n) is 3.41. The minimum atomic E-state index is -0.252. The molecule has 0 unspecified atom stereocenters. The van der Waals surface area contributed by atoms with Gasteiger partial charge in [0.2, 0.25) is 0 Å². The Bertz CT molecular complexity index is 728. The van der Waals surface area contributed by atoms with Gasteiger partial charge in [-0.3, -0.25) is 0 Å². The van der Waals surface area contributed by atoms with Gasteiger partial charge in [-0.1, -0.05) is 18.2 Å². The smallest absolute Gasteiger partial charge is 0.282 e. The van der Waals surface area contributed by atoms with Crippen LogP contribution >= 0.6 is 0 Å². The van der Waals surface area contributed by atoms with Crippen molar-refractivity contribution in [2.24, 2.45) is 10.7 Å². The Hall–Kier alpha value is -2.43. The van der Waals surface area contributed by atoms with Crippen molar-refractivity contribution in [2.45, 2.75) is 31.4 Å². The molecule has 0 radical (unpaired) electrons. The van der Waals surface area contributed by atoms with Crippen LogP contribution in [-0.2, 0) is 17.6 Å². The number of rotatable bonds is 1. The number of fused-ring (bicyclic) bond motifs is 1.